The molecule has 0 amide bonds. The average molecular weight is 256 g/mol. The minimum absolute atomic E-state index is 0.491. The molecule has 4 nitrogen and oxygen atoms in total. The summed E-state index contributed by atoms with van der Waals surface area (Å²) in [7, 11) is 1.80. The molecule has 0 bridgehead atoms. The molecule has 2 rings (SSSR count). The summed E-state index contributed by atoms with van der Waals surface area (Å²) >= 11 is 0. The van der Waals surface area contributed by atoms with Crippen molar-refractivity contribution in [3.8, 4) is 0 Å². The first-order chi connectivity index (χ1) is 8.88. The predicted octanol–water partition coefficient (Wildman–Crippen LogP) is 1.11. The number of rotatable bonds is 6. The first-order valence-corrected chi connectivity index (χ1v) is 7.42. The van der Waals surface area contributed by atoms with Crippen LogP contribution >= 0.6 is 0 Å². The van der Waals surface area contributed by atoms with Crippen LogP contribution in [-0.2, 0) is 9.47 Å². The van der Waals surface area contributed by atoms with Crippen molar-refractivity contribution in [2.45, 2.75) is 31.8 Å². The Kier molecular flexibility index (Phi) is 6.41. The highest BCUT2D eigenvalue weighted by Gasteiger charge is 2.20. The Morgan fingerprint density at radius 3 is 2.83 bits per heavy atom. The number of methoxy groups -OCH3 is 1. The van der Waals surface area contributed by atoms with E-state index in [2.05, 4.69) is 10.2 Å². The molecule has 0 aromatic carbocycles. The fourth-order valence-electron chi connectivity index (χ4n) is 3.04. The van der Waals surface area contributed by atoms with E-state index in [-0.39, 0.29) is 0 Å². The van der Waals surface area contributed by atoms with Gasteiger partial charge in [-0.3, -0.25) is 0 Å². The van der Waals surface area contributed by atoms with Crippen LogP contribution in [0.2, 0.25) is 0 Å². The van der Waals surface area contributed by atoms with Crippen molar-refractivity contribution in [1.82, 2.24) is 10.2 Å². The van der Waals surface area contributed by atoms with Crippen molar-refractivity contribution < 1.29 is 9.47 Å². The Hall–Kier alpha value is -0.160. The summed E-state index contributed by atoms with van der Waals surface area (Å²) in [5, 5.41) is 3.37. The van der Waals surface area contributed by atoms with Gasteiger partial charge in [0.25, 0.3) is 0 Å². The predicted molar refractivity (Wildman–Crippen MR) is 72.9 cm³/mol. The largest absolute Gasteiger partial charge is 0.384 e. The second kappa shape index (κ2) is 8.10. The van der Waals surface area contributed by atoms with Gasteiger partial charge in [0.15, 0.2) is 0 Å². The maximum Gasteiger partial charge on any atom is 0.0600 e. The molecule has 4 heteroatoms. The van der Waals surface area contributed by atoms with Crippen molar-refractivity contribution in [3.63, 3.8) is 0 Å². The fraction of sp³-hybridized carbons (Fsp3) is 1.00. The van der Waals surface area contributed by atoms with Crippen LogP contribution in [0.3, 0.4) is 0 Å². The summed E-state index contributed by atoms with van der Waals surface area (Å²) in [4.78, 5) is 2.54. The maximum absolute atomic E-state index is 5.97. The van der Waals surface area contributed by atoms with E-state index in [1.165, 1.54) is 38.8 Å². The van der Waals surface area contributed by atoms with Gasteiger partial charge in [-0.05, 0) is 51.2 Å². The van der Waals surface area contributed by atoms with Gasteiger partial charge >= 0.3 is 0 Å². The van der Waals surface area contributed by atoms with Gasteiger partial charge in [0.05, 0.1) is 19.3 Å². The van der Waals surface area contributed by atoms with Gasteiger partial charge in [0, 0.05) is 20.2 Å². The minimum atomic E-state index is 0.491. The minimum Gasteiger partial charge on any atom is -0.384 e. The van der Waals surface area contributed by atoms with Gasteiger partial charge in [-0.2, -0.15) is 0 Å². The molecule has 2 heterocycles. The third-order valence-electron chi connectivity index (χ3n) is 4.05. The number of piperidine rings is 2. The molecule has 0 saturated carbocycles. The van der Waals surface area contributed by atoms with Crippen LogP contribution in [0.1, 0.15) is 25.7 Å². The molecular formula is C14H28N2O2. The smallest absolute Gasteiger partial charge is 0.0600 e. The van der Waals surface area contributed by atoms with E-state index in [9.17, 15) is 0 Å². The molecule has 2 aliphatic rings. The summed E-state index contributed by atoms with van der Waals surface area (Å²) < 4.78 is 11.2. The monoisotopic (exact) mass is 256 g/mol. The van der Waals surface area contributed by atoms with Gasteiger partial charge in [-0.25, -0.2) is 0 Å². The zero-order valence-corrected chi connectivity index (χ0v) is 11.7. The highest BCUT2D eigenvalue weighted by atomic mass is 16.5. The molecule has 2 fully saturated rings. The second-order valence-electron chi connectivity index (χ2n) is 5.58. The van der Waals surface area contributed by atoms with Crippen molar-refractivity contribution in [1.29, 1.82) is 0 Å². The SMILES string of the molecule is COCC1CCCN(CCOC2CCNCC2)C1. The first kappa shape index (κ1) is 14.3. The zero-order valence-electron chi connectivity index (χ0n) is 11.7. The van der Waals surface area contributed by atoms with Gasteiger partial charge < -0.3 is 19.7 Å². The van der Waals surface area contributed by atoms with E-state index in [1.54, 1.807) is 7.11 Å². The van der Waals surface area contributed by atoms with E-state index in [0.29, 0.717) is 6.10 Å². The summed E-state index contributed by atoms with van der Waals surface area (Å²) in [5.74, 6) is 0.725. The van der Waals surface area contributed by atoms with Crippen LogP contribution in [0.5, 0.6) is 0 Å². The van der Waals surface area contributed by atoms with Crippen molar-refractivity contribution >= 4 is 0 Å². The Bertz CT molecular complexity index is 218. The molecule has 2 aliphatic heterocycles. The van der Waals surface area contributed by atoms with Crippen molar-refractivity contribution in [2.24, 2.45) is 5.92 Å². The molecular weight excluding hydrogens is 228 g/mol. The van der Waals surface area contributed by atoms with Gasteiger partial charge in [0.2, 0.25) is 0 Å². The van der Waals surface area contributed by atoms with Crippen LogP contribution in [0, 0.1) is 5.92 Å². The molecule has 0 aliphatic carbocycles. The molecule has 0 spiro atoms. The molecule has 0 radical (unpaired) electrons. The first-order valence-electron chi connectivity index (χ1n) is 7.42. The zero-order chi connectivity index (χ0) is 12.6. The van der Waals surface area contributed by atoms with E-state index in [4.69, 9.17) is 9.47 Å². The molecule has 18 heavy (non-hydrogen) atoms. The number of likely N-dealkylation sites (tertiary alicyclic amines) is 1. The maximum atomic E-state index is 5.97. The number of hydrogen-bond acceptors (Lipinski definition) is 4. The molecule has 1 N–H and O–H groups in total. The van der Waals surface area contributed by atoms with E-state index in [0.717, 1.165) is 38.8 Å². The quantitative estimate of drug-likeness (QED) is 0.772. The lowest BCUT2D eigenvalue weighted by Crippen LogP contribution is -2.40. The Morgan fingerprint density at radius 2 is 2.06 bits per heavy atom. The standard InChI is InChI=1S/C14H28N2O2/c1-17-12-13-3-2-8-16(11-13)9-10-18-14-4-6-15-7-5-14/h13-15H,2-12H2,1H3. The highest BCUT2D eigenvalue weighted by molar-refractivity contribution is 4.73. The highest BCUT2D eigenvalue weighted by Crippen LogP contribution is 2.16. The summed E-state index contributed by atoms with van der Waals surface area (Å²) in [5.41, 5.74) is 0. The van der Waals surface area contributed by atoms with Crippen LogP contribution in [0.4, 0.5) is 0 Å². The van der Waals surface area contributed by atoms with Gasteiger partial charge in [0.1, 0.15) is 0 Å². The van der Waals surface area contributed by atoms with Crippen molar-refractivity contribution in [2.75, 3.05) is 53.0 Å². The molecule has 106 valence electrons. The Balaban J connectivity index is 1.57. The molecule has 1 atom stereocenters. The lowest BCUT2D eigenvalue weighted by molar-refractivity contribution is 0.00989. The normalized spacial score (nSPS) is 27.5. The molecule has 0 aromatic heterocycles. The van der Waals surface area contributed by atoms with E-state index >= 15 is 0 Å². The lowest BCUT2D eigenvalue weighted by Gasteiger charge is -2.33. The lowest BCUT2D eigenvalue weighted by atomic mass is 9.99. The summed E-state index contributed by atoms with van der Waals surface area (Å²) in [6, 6.07) is 0. The summed E-state index contributed by atoms with van der Waals surface area (Å²) in [6.45, 7) is 7.54. The number of nitrogens with one attached hydrogen (secondary N) is 1. The van der Waals surface area contributed by atoms with Crippen molar-refractivity contribution in [3.05, 3.63) is 0 Å². The molecule has 2 saturated heterocycles. The molecule has 1 unspecified atom stereocenters. The van der Waals surface area contributed by atoms with Crippen LogP contribution in [-0.4, -0.2) is 64.1 Å². The second-order valence-corrected chi connectivity index (χ2v) is 5.58. The topological polar surface area (TPSA) is 33.7 Å². The van der Waals surface area contributed by atoms with Crippen LogP contribution in [0.25, 0.3) is 0 Å². The third-order valence-corrected chi connectivity index (χ3v) is 4.05. The van der Waals surface area contributed by atoms with Gasteiger partial charge in [-0.1, -0.05) is 0 Å². The Morgan fingerprint density at radius 1 is 1.22 bits per heavy atom. The van der Waals surface area contributed by atoms with Crippen LogP contribution in [0.15, 0.2) is 0 Å². The third kappa shape index (κ3) is 4.84. The summed E-state index contributed by atoms with van der Waals surface area (Å²) in [6.07, 6.45) is 5.46. The molecule has 0 aromatic rings. The van der Waals surface area contributed by atoms with E-state index in [1.807, 2.05) is 0 Å². The fourth-order valence-corrected chi connectivity index (χ4v) is 3.04. The average Bonchev–Trinajstić information content (AvgIpc) is 2.41. The van der Waals surface area contributed by atoms with Gasteiger partial charge in [-0.15, -0.1) is 0 Å². The Labute approximate surface area is 111 Å². The number of nitrogens with zero attached hydrogens (tertiary/aromatic N) is 1. The number of ether oxygens (including phenoxy) is 2. The number of hydrogen-bond donors (Lipinski definition) is 1. The van der Waals surface area contributed by atoms with E-state index < -0.39 is 0 Å². The van der Waals surface area contributed by atoms with Crippen LogP contribution < -0.4 is 5.32 Å².